The molecule has 0 spiro atoms. The van der Waals surface area contributed by atoms with Gasteiger partial charge in [-0.1, -0.05) is 104 Å². The van der Waals surface area contributed by atoms with E-state index in [4.69, 9.17) is 9.47 Å². The Morgan fingerprint density at radius 3 is 1.39 bits per heavy atom. The maximum Gasteiger partial charge on any atom is 0.305 e. The van der Waals surface area contributed by atoms with E-state index < -0.39 is 0 Å². The molecule has 0 rings (SSSR count). The van der Waals surface area contributed by atoms with Gasteiger partial charge in [0.15, 0.2) is 0 Å². The molecule has 0 amide bonds. The number of unbranched alkanes of at least 4 members (excludes halogenated alkanes) is 14. The molecule has 4 nitrogen and oxygen atoms in total. The summed E-state index contributed by atoms with van der Waals surface area (Å²) in [6.45, 7) is 7.57. The van der Waals surface area contributed by atoms with E-state index in [9.17, 15) is 9.59 Å². The zero-order valence-corrected chi connectivity index (χ0v) is 21.1. The van der Waals surface area contributed by atoms with Gasteiger partial charge in [0.1, 0.15) is 0 Å². The van der Waals surface area contributed by atoms with Crippen molar-refractivity contribution in [1.82, 2.24) is 0 Å². The molecule has 0 N–H and O–H groups in total. The van der Waals surface area contributed by atoms with Gasteiger partial charge in [0, 0.05) is 12.8 Å². The molecule has 0 aliphatic heterocycles. The van der Waals surface area contributed by atoms with E-state index in [1.807, 2.05) is 0 Å². The summed E-state index contributed by atoms with van der Waals surface area (Å²) in [5.74, 6) is 0.336. The molecule has 0 unspecified atom stereocenters. The maximum atomic E-state index is 11.7. The lowest BCUT2D eigenvalue weighted by Gasteiger charge is -2.07. The van der Waals surface area contributed by atoms with Crippen molar-refractivity contribution < 1.29 is 19.1 Å². The monoisotopic (exact) mass is 440 g/mol. The van der Waals surface area contributed by atoms with Gasteiger partial charge in [-0.15, -0.1) is 0 Å². The molecule has 0 radical (unpaired) electrons. The molecule has 0 aliphatic carbocycles. The average molecular weight is 441 g/mol. The predicted molar refractivity (Wildman–Crippen MR) is 130 cm³/mol. The Hall–Kier alpha value is -1.06. The first kappa shape index (κ1) is 29.9. The Morgan fingerprint density at radius 2 is 0.935 bits per heavy atom. The van der Waals surface area contributed by atoms with Crippen LogP contribution in [0.2, 0.25) is 0 Å². The van der Waals surface area contributed by atoms with Crippen LogP contribution in [0.15, 0.2) is 0 Å². The Bertz CT molecular complexity index is 406. The second-order valence-electron chi connectivity index (χ2n) is 9.43. The summed E-state index contributed by atoms with van der Waals surface area (Å²) in [6.07, 6.45) is 21.4. The molecule has 0 aromatic carbocycles. The zero-order chi connectivity index (χ0) is 23.0. The molecule has 4 heteroatoms. The smallest absolute Gasteiger partial charge is 0.305 e. The molecule has 0 saturated heterocycles. The lowest BCUT2D eigenvalue weighted by atomic mass is 10.0. The highest BCUT2D eigenvalue weighted by molar-refractivity contribution is 5.69. The first-order chi connectivity index (χ1) is 15.1. The number of ether oxygens (including phenoxy) is 2. The Morgan fingerprint density at radius 1 is 0.548 bits per heavy atom. The van der Waals surface area contributed by atoms with Gasteiger partial charge in [-0.25, -0.2) is 0 Å². The zero-order valence-electron chi connectivity index (χ0n) is 21.1. The quantitative estimate of drug-likeness (QED) is 0.119. The van der Waals surface area contributed by atoms with E-state index in [2.05, 4.69) is 20.8 Å². The molecule has 184 valence electrons. The van der Waals surface area contributed by atoms with Crippen LogP contribution in [0.5, 0.6) is 0 Å². The molecule has 0 heterocycles. The van der Waals surface area contributed by atoms with Crippen molar-refractivity contribution in [2.24, 2.45) is 5.92 Å². The van der Waals surface area contributed by atoms with Crippen LogP contribution < -0.4 is 0 Å². The molecule has 31 heavy (non-hydrogen) atoms. The molecule has 0 aromatic rings. The first-order valence-corrected chi connectivity index (χ1v) is 13.4. The van der Waals surface area contributed by atoms with Crippen molar-refractivity contribution in [3.63, 3.8) is 0 Å². The Kier molecular flexibility index (Phi) is 22.8. The van der Waals surface area contributed by atoms with E-state index in [0.717, 1.165) is 38.5 Å². The molecule has 0 aromatic heterocycles. The number of rotatable bonds is 23. The molecular weight excluding hydrogens is 388 g/mol. The normalized spacial score (nSPS) is 11.1. The topological polar surface area (TPSA) is 52.6 Å². The van der Waals surface area contributed by atoms with Crippen molar-refractivity contribution in [1.29, 1.82) is 0 Å². The van der Waals surface area contributed by atoms with E-state index >= 15 is 0 Å². The third-order valence-corrected chi connectivity index (χ3v) is 5.73. The number of carbonyl (C=O) groups excluding carboxylic acids is 2. The van der Waals surface area contributed by atoms with Gasteiger partial charge >= 0.3 is 11.9 Å². The molecule has 0 atom stereocenters. The highest BCUT2D eigenvalue weighted by atomic mass is 16.5. The summed E-state index contributed by atoms with van der Waals surface area (Å²) in [5, 5.41) is 0. The summed E-state index contributed by atoms with van der Waals surface area (Å²) in [4.78, 5) is 23.3. The van der Waals surface area contributed by atoms with Crippen LogP contribution in [0.1, 0.15) is 143 Å². The van der Waals surface area contributed by atoms with E-state index in [1.54, 1.807) is 0 Å². The highest BCUT2D eigenvalue weighted by Crippen LogP contribution is 2.13. The van der Waals surface area contributed by atoms with Crippen LogP contribution in [0, 0.1) is 5.92 Å². The maximum absolute atomic E-state index is 11.7. The minimum atomic E-state index is -0.120. The van der Waals surface area contributed by atoms with E-state index in [1.165, 1.54) is 70.6 Å². The highest BCUT2D eigenvalue weighted by Gasteiger charge is 2.06. The van der Waals surface area contributed by atoms with E-state index in [-0.39, 0.29) is 11.9 Å². The second-order valence-corrected chi connectivity index (χ2v) is 9.43. The van der Waals surface area contributed by atoms with Crippen LogP contribution in [-0.4, -0.2) is 25.2 Å². The summed E-state index contributed by atoms with van der Waals surface area (Å²) >= 11 is 0. The lowest BCUT2D eigenvalue weighted by Crippen LogP contribution is -2.08. The predicted octanol–water partition coefficient (Wildman–Crippen LogP) is 8.16. The van der Waals surface area contributed by atoms with Gasteiger partial charge in [0.25, 0.3) is 0 Å². The van der Waals surface area contributed by atoms with Crippen molar-refractivity contribution in [2.45, 2.75) is 143 Å². The van der Waals surface area contributed by atoms with Crippen molar-refractivity contribution in [3.8, 4) is 0 Å². The minimum Gasteiger partial charge on any atom is -0.466 e. The summed E-state index contributed by atoms with van der Waals surface area (Å²) in [7, 11) is 0. The molecule has 0 saturated carbocycles. The summed E-state index contributed by atoms with van der Waals surface area (Å²) in [5.41, 5.74) is 0. The third kappa shape index (κ3) is 25.1. The largest absolute Gasteiger partial charge is 0.466 e. The van der Waals surface area contributed by atoms with Gasteiger partial charge < -0.3 is 9.47 Å². The Labute approximate surface area is 193 Å². The lowest BCUT2D eigenvalue weighted by molar-refractivity contribution is -0.144. The standard InChI is InChI=1S/C27H52O4/c1-4-5-6-7-8-9-10-11-12-13-14-15-19-23-30-26(28)20-17-16-18-21-27(29)31-24-22-25(2)3/h25H,4-24H2,1-3H3. The number of hydrogen-bond acceptors (Lipinski definition) is 4. The van der Waals surface area contributed by atoms with Crippen LogP contribution in [0.25, 0.3) is 0 Å². The number of carbonyl (C=O) groups is 2. The molecule has 0 bridgehead atoms. The van der Waals surface area contributed by atoms with Crippen molar-refractivity contribution in [3.05, 3.63) is 0 Å². The first-order valence-electron chi connectivity index (χ1n) is 13.4. The average Bonchev–Trinajstić information content (AvgIpc) is 2.73. The van der Waals surface area contributed by atoms with Crippen molar-refractivity contribution >= 4 is 11.9 Å². The fraction of sp³-hybridized carbons (Fsp3) is 0.926. The van der Waals surface area contributed by atoms with Gasteiger partial charge in [0.05, 0.1) is 13.2 Å². The van der Waals surface area contributed by atoms with Crippen LogP contribution in [-0.2, 0) is 19.1 Å². The van der Waals surface area contributed by atoms with E-state index in [0.29, 0.717) is 32.0 Å². The van der Waals surface area contributed by atoms with Crippen LogP contribution in [0.3, 0.4) is 0 Å². The third-order valence-electron chi connectivity index (χ3n) is 5.73. The van der Waals surface area contributed by atoms with Gasteiger partial charge in [-0.05, 0) is 31.6 Å². The minimum absolute atomic E-state index is 0.0987. The number of esters is 2. The molecular formula is C27H52O4. The molecule has 0 fully saturated rings. The van der Waals surface area contributed by atoms with Gasteiger partial charge in [-0.2, -0.15) is 0 Å². The fourth-order valence-electron chi connectivity index (χ4n) is 3.57. The molecule has 0 aliphatic rings. The SMILES string of the molecule is CCCCCCCCCCCCCCCOC(=O)CCCCCC(=O)OCCC(C)C. The second kappa shape index (κ2) is 23.6. The van der Waals surface area contributed by atoms with Gasteiger partial charge in [-0.3, -0.25) is 9.59 Å². The van der Waals surface area contributed by atoms with Crippen LogP contribution in [0.4, 0.5) is 0 Å². The number of hydrogen-bond donors (Lipinski definition) is 0. The fourth-order valence-corrected chi connectivity index (χ4v) is 3.57. The Balaban J connectivity index is 3.25. The van der Waals surface area contributed by atoms with Crippen molar-refractivity contribution in [2.75, 3.05) is 13.2 Å². The van der Waals surface area contributed by atoms with Gasteiger partial charge in [0.2, 0.25) is 0 Å². The summed E-state index contributed by atoms with van der Waals surface area (Å²) in [6, 6.07) is 0. The summed E-state index contributed by atoms with van der Waals surface area (Å²) < 4.78 is 10.5. The van der Waals surface area contributed by atoms with Crippen LogP contribution >= 0.6 is 0 Å².